The van der Waals surface area contributed by atoms with E-state index < -0.39 is 24.7 Å². The van der Waals surface area contributed by atoms with Crippen molar-refractivity contribution in [2.75, 3.05) is 6.54 Å². The fourth-order valence-corrected chi connectivity index (χ4v) is 3.02. The molecule has 1 aliphatic carbocycles. The molecule has 24 heavy (non-hydrogen) atoms. The van der Waals surface area contributed by atoms with E-state index in [-0.39, 0.29) is 5.69 Å². The van der Waals surface area contributed by atoms with E-state index in [4.69, 9.17) is 4.52 Å². The normalized spacial score (nSPS) is 17.4. The Balaban J connectivity index is 1.98. The maximum Gasteiger partial charge on any atom is 0.406 e. The van der Waals surface area contributed by atoms with E-state index >= 15 is 0 Å². The van der Waals surface area contributed by atoms with Gasteiger partial charge in [0.25, 0.3) is 5.91 Å². The molecule has 128 valence electrons. The molecule has 0 saturated carbocycles. The van der Waals surface area contributed by atoms with E-state index in [0.717, 1.165) is 16.9 Å². The van der Waals surface area contributed by atoms with Gasteiger partial charge in [-0.15, -0.1) is 0 Å². The highest BCUT2D eigenvalue weighted by atomic mass is 19.4. The summed E-state index contributed by atoms with van der Waals surface area (Å²) in [5.41, 5.74) is 1.28. The molecule has 2 aromatic heterocycles. The average molecular weight is 339 g/mol. The van der Waals surface area contributed by atoms with Crippen LogP contribution in [0.15, 0.2) is 28.9 Å². The lowest BCUT2D eigenvalue weighted by Gasteiger charge is -2.35. The van der Waals surface area contributed by atoms with E-state index in [1.807, 2.05) is 6.07 Å². The molecule has 0 unspecified atom stereocenters. The SMILES string of the molecule is Cc1cc(C(=O)N(CC(F)(F)F)[C@@H]2CCCc3cccnc32)no1. The van der Waals surface area contributed by atoms with Crippen molar-refractivity contribution in [2.45, 2.75) is 38.4 Å². The van der Waals surface area contributed by atoms with Crippen LogP contribution in [0, 0.1) is 6.92 Å². The molecule has 5 nitrogen and oxygen atoms in total. The first kappa shape index (κ1) is 16.5. The molecule has 0 aliphatic heterocycles. The Morgan fingerprint density at radius 2 is 2.25 bits per heavy atom. The lowest BCUT2D eigenvalue weighted by atomic mass is 9.90. The van der Waals surface area contributed by atoms with Gasteiger partial charge in [0.05, 0.1) is 11.7 Å². The highest BCUT2D eigenvalue weighted by Gasteiger charge is 2.40. The van der Waals surface area contributed by atoms with Crippen LogP contribution in [0.4, 0.5) is 13.2 Å². The zero-order chi connectivity index (χ0) is 17.3. The van der Waals surface area contributed by atoms with Crippen molar-refractivity contribution in [3.8, 4) is 0 Å². The Hall–Kier alpha value is -2.38. The molecule has 8 heteroatoms. The van der Waals surface area contributed by atoms with Crippen molar-refractivity contribution in [3.05, 3.63) is 47.1 Å². The van der Waals surface area contributed by atoms with Crippen molar-refractivity contribution in [3.63, 3.8) is 0 Å². The summed E-state index contributed by atoms with van der Waals surface area (Å²) in [6.07, 6.45) is -1.10. The molecule has 1 amide bonds. The molecule has 2 heterocycles. The second-order valence-corrected chi connectivity index (χ2v) is 5.83. The van der Waals surface area contributed by atoms with Gasteiger partial charge in [-0.3, -0.25) is 9.78 Å². The Morgan fingerprint density at radius 3 is 2.92 bits per heavy atom. The summed E-state index contributed by atoms with van der Waals surface area (Å²) in [4.78, 5) is 17.7. The third kappa shape index (κ3) is 3.42. The van der Waals surface area contributed by atoms with E-state index in [9.17, 15) is 18.0 Å². The number of carbonyl (C=O) groups is 1. The second kappa shape index (κ2) is 6.26. The fraction of sp³-hybridized carbons (Fsp3) is 0.438. The number of aromatic nitrogens is 2. The number of alkyl halides is 3. The quantitative estimate of drug-likeness (QED) is 0.859. The van der Waals surface area contributed by atoms with Gasteiger partial charge in [0.2, 0.25) is 0 Å². The van der Waals surface area contributed by atoms with Crippen LogP contribution < -0.4 is 0 Å². The van der Waals surface area contributed by atoms with Crippen molar-refractivity contribution in [1.29, 1.82) is 0 Å². The average Bonchev–Trinajstić information content (AvgIpc) is 2.97. The standard InChI is InChI=1S/C16H16F3N3O2/c1-10-8-12(21-24-10)15(23)22(9-16(17,18)19)13-6-2-4-11-5-3-7-20-14(11)13/h3,5,7-8,13H,2,4,6,9H2,1H3/t13-/m1/s1. The van der Waals surface area contributed by atoms with Crippen LogP contribution in [0.1, 0.15) is 46.4 Å². The number of pyridine rings is 1. The molecule has 2 aromatic rings. The molecule has 0 spiro atoms. The molecule has 0 aromatic carbocycles. The van der Waals surface area contributed by atoms with Crippen molar-refractivity contribution >= 4 is 5.91 Å². The Kier molecular flexibility index (Phi) is 4.29. The summed E-state index contributed by atoms with van der Waals surface area (Å²) < 4.78 is 44.0. The molecule has 1 atom stereocenters. The minimum atomic E-state index is -4.51. The van der Waals surface area contributed by atoms with Crippen molar-refractivity contribution < 1.29 is 22.5 Å². The largest absolute Gasteiger partial charge is 0.406 e. The summed E-state index contributed by atoms with van der Waals surface area (Å²) in [5, 5.41) is 3.56. The van der Waals surface area contributed by atoms with Crippen LogP contribution in [0.5, 0.6) is 0 Å². The number of carbonyl (C=O) groups excluding carboxylic acids is 1. The second-order valence-electron chi connectivity index (χ2n) is 5.83. The van der Waals surface area contributed by atoms with Crippen LogP contribution >= 0.6 is 0 Å². The van der Waals surface area contributed by atoms with Crippen LogP contribution in [-0.2, 0) is 6.42 Å². The number of fused-ring (bicyclic) bond motifs is 1. The highest BCUT2D eigenvalue weighted by molar-refractivity contribution is 5.92. The third-order valence-electron chi connectivity index (χ3n) is 4.00. The number of nitrogens with zero attached hydrogens (tertiary/aromatic N) is 3. The monoisotopic (exact) mass is 339 g/mol. The predicted molar refractivity (Wildman–Crippen MR) is 78.2 cm³/mol. The summed E-state index contributed by atoms with van der Waals surface area (Å²) in [6, 6.07) is 4.21. The Labute approximate surface area is 136 Å². The van der Waals surface area contributed by atoms with Crippen LogP contribution in [0.3, 0.4) is 0 Å². The van der Waals surface area contributed by atoms with Crippen LogP contribution in [0.2, 0.25) is 0 Å². The first-order valence-electron chi connectivity index (χ1n) is 7.60. The van der Waals surface area contributed by atoms with Gasteiger partial charge in [0.15, 0.2) is 5.69 Å². The smallest absolute Gasteiger partial charge is 0.361 e. The van der Waals surface area contributed by atoms with E-state index in [1.54, 1.807) is 13.0 Å². The molecule has 0 bridgehead atoms. The zero-order valence-electron chi connectivity index (χ0n) is 13.0. The van der Waals surface area contributed by atoms with Crippen molar-refractivity contribution in [1.82, 2.24) is 15.0 Å². The summed E-state index contributed by atoms with van der Waals surface area (Å²) >= 11 is 0. The molecule has 0 saturated heterocycles. The predicted octanol–water partition coefficient (Wildman–Crippen LogP) is 3.46. The fourth-order valence-electron chi connectivity index (χ4n) is 3.02. The van der Waals surface area contributed by atoms with E-state index in [2.05, 4.69) is 10.1 Å². The van der Waals surface area contributed by atoms with Gasteiger partial charge in [-0.1, -0.05) is 11.2 Å². The minimum absolute atomic E-state index is 0.125. The van der Waals surface area contributed by atoms with Gasteiger partial charge in [-0.05, 0) is 37.8 Å². The molecular weight excluding hydrogens is 323 g/mol. The number of rotatable bonds is 3. The Morgan fingerprint density at radius 1 is 1.46 bits per heavy atom. The number of amides is 1. The molecule has 0 radical (unpaired) electrons. The molecule has 3 rings (SSSR count). The van der Waals surface area contributed by atoms with Gasteiger partial charge in [0.1, 0.15) is 12.3 Å². The zero-order valence-corrected chi connectivity index (χ0v) is 13.0. The van der Waals surface area contributed by atoms with Gasteiger partial charge < -0.3 is 9.42 Å². The van der Waals surface area contributed by atoms with Crippen LogP contribution in [-0.4, -0.2) is 33.7 Å². The number of aryl methyl sites for hydroxylation is 2. The molecule has 1 aliphatic rings. The maximum atomic E-state index is 13.1. The summed E-state index contributed by atoms with van der Waals surface area (Å²) in [6.45, 7) is 0.230. The van der Waals surface area contributed by atoms with Crippen LogP contribution in [0.25, 0.3) is 0 Å². The number of hydrogen-bond acceptors (Lipinski definition) is 4. The maximum absolute atomic E-state index is 13.1. The first-order valence-corrected chi connectivity index (χ1v) is 7.60. The lowest BCUT2D eigenvalue weighted by molar-refractivity contribution is -0.145. The Bertz CT molecular complexity index is 742. The number of hydrogen-bond donors (Lipinski definition) is 0. The highest BCUT2D eigenvalue weighted by Crippen LogP contribution is 2.35. The summed E-state index contributed by atoms with van der Waals surface area (Å²) in [7, 11) is 0. The van der Waals surface area contributed by atoms with Gasteiger partial charge in [-0.25, -0.2) is 0 Å². The topological polar surface area (TPSA) is 59.2 Å². The van der Waals surface area contributed by atoms with Gasteiger partial charge in [-0.2, -0.15) is 13.2 Å². The molecule has 0 N–H and O–H groups in total. The summed E-state index contributed by atoms with van der Waals surface area (Å²) in [5.74, 6) is -0.430. The number of halogens is 3. The van der Waals surface area contributed by atoms with E-state index in [1.165, 1.54) is 12.3 Å². The molecular formula is C16H16F3N3O2. The lowest BCUT2D eigenvalue weighted by Crippen LogP contribution is -2.43. The van der Waals surface area contributed by atoms with Gasteiger partial charge >= 0.3 is 6.18 Å². The first-order chi connectivity index (χ1) is 11.3. The van der Waals surface area contributed by atoms with Gasteiger partial charge in [0, 0.05) is 12.3 Å². The third-order valence-corrected chi connectivity index (χ3v) is 4.00. The minimum Gasteiger partial charge on any atom is -0.361 e. The molecule has 0 fully saturated rings. The van der Waals surface area contributed by atoms with E-state index in [0.29, 0.717) is 24.3 Å². The van der Waals surface area contributed by atoms with Crippen molar-refractivity contribution in [2.24, 2.45) is 0 Å².